The molecule has 0 aliphatic heterocycles. The first-order valence-corrected chi connectivity index (χ1v) is 5.68. The summed E-state index contributed by atoms with van der Waals surface area (Å²) in [6.07, 6.45) is 0. The van der Waals surface area contributed by atoms with Crippen molar-refractivity contribution in [1.29, 1.82) is 5.26 Å². The van der Waals surface area contributed by atoms with E-state index in [-0.39, 0.29) is 5.92 Å². The van der Waals surface area contributed by atoms with Gasteiger partial charge in [0, 0.05) is 18.0 Å². The zero-order valence-electron chi connectivity index (χ0n) is 7.38. The lowest BCUT2D eigenvalue weighted by molar-refractivity contribution is 0.605. The Morgan fingerprint density at radius 1 is 1.69 bits per heavy atom. The smallest absolute Gasteiger partial charge is 0.0701 e. The first kappa shape index (κ1) is 10.7. The summed E-state index contributed by atoms with van der Waals surface area (Å²) < 4.78 is 1.15. The Bertz CT molecular complexity index is 303. The van der Waals surface area contributed by atoms with E-state index in [2.05, 4.69) is 33.4 Å². The lowest BCUT2D eigenvalue weighted by Crippen LogP contribution is -2.19. The van der Waals surface area contributed by atoms with E-state index in [0.29, 0.717) is 0 Å². The Balaban J connectivity index is 2.25. The van der Waals surface area contributed by atoms with Crippen LogP contribution in [0.3, 0.4) is 0 Å². The van der Waals surface area contributed by atoms with Crippen LogP contribution in [-0.4, -0.2) is 6.54 Å². The van der Waals surface area contributed by atoms with E-state index < -0.39 is 0 Å². The summed E-state index contributed by atoms with van der Waals surface area (Å²) in [7, 11) is 0. The standard InChI is InChI=1S/C9H11BrN2S/c1-7(4-11)5-12-6-8-2-3-9(10)13-8/h2-3,7,12H,5-6H2,1H3. The molecule has 1 N–H and O–H groups in total. The van der Waals surface area contributed by atoms with Crippen molar-refractivity contribution in [3.8, 4) is 6.07 Å². The fourth-order valence-corrected chi connectivity index (χ4v) is 2.36. The number of hydrogen-bond acceptors (Lipinski definition) is 3. The van der Waals surface area contributed by atoms with E-state index in [1.807, 2.05) is 13.0 Å². The van der Waals surface area contributed by atoms with Crippen molar-refractivity contribution in [2.75, 3.05) is 6.54 Å². The molecule has 0 aliphatic rings. The van der Waals surface area contributed by atoms with Crippen LogP contribution >= 0.6 is 27.3 Å². The normalized spacial score (nSPS) is 12.4. The molecule has 1 heterocycles. The second-order valence-corrected chi connectivity index (χ2v) is 5.41. The third-order valence-corrected chi connectivity index (χ3v) is 3.22. The number of nitriles is 1. The largest absolute Gasteiger partial charge is 0.311 e. The van der Waals surface area contributed by atoms with Crippen LogP contribution < -0.4 is 5.32 Å². The van der Waals surface area contributed by atoms with Gasteiger partial charge in [0.05, 0.1) is 15.8 Å². The highest BCUT2D eigenvalue weighted by molar-refractivity contribution is 9.11. The molecule has 0 amide bonds. The van der Waals surface area contributed by atoms with Crippen LogP contribution in [0.25, 0.3) is 0 Å². The molecule has 0 bridgehead atoms. The Morgan fingerprint density at radius 2 is 2.46 bits per heavy atom. The minimum absolute atomic E-state index is 0.0865. The molecule has 1 atom stereocenters. The van der Waals surface area contributed by atoms with Crippen LogP contribution in [0.5, 0.6) is 0 Å². The predicted octanol–water partition coefficient (Wildman–Crippen LogP) is 2.76. The average Bonchev–Trinajstić information content (AvgIpc) is 2.51. The molecule has 13 heavy (non-hydrogen) atoms. The van der Waals surface area contributed by atoms with E-state index in [4.69, 9.17) is 5.26 Å². The van der Waals surface area contributed by atoms with Gasteiger partial charge in [-0.2, -0.15) is 5.26 Å². The maximum absolute atomic E-state index is 8.54. The van der Waals surface area contributed by atoms with Crippen molar-refractivity contribution in [3.63, 3.8) is 0 Å². The topological polar surface area (TPSA) is 35.8 Å². The second-order valence-electron chi connectivity index (χ2n) is 2.87. The second kappa shape index (κ2) is 5.38. The molecule has 0 aromatic carbocycles. The molecule has 0 radical (unpaired) electrons. The van der Waals surface area contributed by atoms with E-state index in [9.17, 15) is 0 Å². The molecule has 0 spiro atoms. The molecule has 70 valence electrons. The molecular weight excluding hydrogens is 248 g/mol. The van der Waals surface area contributed by atoms with Gasteiger partial charge in [0.1, 0.15) is 0 Å². The van der Waals surface area contributed by atoms with Gasteiger partial charge < -0.3 is 5.32 Å². The number of halogens is 1. The summed E-state index contributed by atoms with van der Waals surface area (Å²) >= 11 is 5.12. The van der Waals surface area contributed by atoms with Gasteiger partial charge in [-0.05, 0) is 35.0 Å². The number of nitrogens with zero attached hydrogens (tertiary/aromatic N) is 1. The molecule has 0 saturated heterocycles. The quantitative estimate of drug-likeness (QED) is 0.902. The highest BCUT2D eigenvalue weighted by Gasteiger charge is 2.00. The first-order chi connectivity index (χ1) is 6.22. The van der Waals surface area contributed by atoms with E-state index in [1.54, 1.807) is 11.3 Å². The number of nitrogens with one attached hydrogen (secondary N) is 1. The SMILES string of the molecule is CC(C#N)CNCc1ccc(Br)s1. The van der Waals surface area contributed by atoms with Crippen LogP contribution in [0, 0.1) is 17.2 Å². The van der Waals surface area contributed by atoms with Crippen LogP contribution in [0.15, 0.2) is 15.9 Å². The van der Waals surface area contributed by atoms with E-state index in [0.717, 1.165) is 16.9 Å². The van der Waals surface area contributed by atoms with Crippen molar-refractivity contribution in [1.82, 2.24) is 5.32 Å². The lowest BCUT2D eigenvalue weighted by atomic mass is 10.2. The minimum Gasteiger partial charge on any atom is -0.311 e. The van der Waals surface area contributed by atoms with Gasteiger partial charge in [-0.25, -0.2) is 0 Å². The molecule has 0 aliphatic carbocycles. The van der Waals surface area contributed by atoms with Gasteiger partial charge in [-0.1, -0.05) is 0 Å². The van der Waals surface area contributed by atoms with Crippen molar-refractivity contribution >= 4 is 27.3 Å². The highest BCUT2D eigenvalue weighted by atomic mass is 79.9. The number of rotatable bonds is 4. The van der Waals surface area contributed by atoms with Crippen molar-refractivity contribution in [3.05, 3.63) is 20.8 Å². The maximum Gasteiger partial charge on any atom is 0.0701 e. The zero-order valence-corrected chi connectivity index (χ0v) is 9.78. The molecule has 0 fully saturated rings. The zero-order chi connectivity index (χ0) is 9.68. The van der Waals surface area contributed by atoms with Crippen molar-refractivity contribution in [2.45, 2.75) is 13.5 Å². The number of thiophene rings is 1. The van der Waals surface area contributed by atoms with Gasteiger partial charge >= 0.3 is 0 Å². The van der Waals surface area contributed by atoms with Gasteiger partial charge in [-0.15, -0.1) is 11.3 Å². The van der Waals surface area contributed by atoms with Crippen molar-refractivity contribution < 1.29 is 0 Å². The molecular formula is C9H11BrN2S. The Morgan fingerprint density at radius 3 is 3.00 bits per heavy atom. The summed E-state index contributed by atoms with van der Waals surface area (Å²) in [5.41, 5.74) is 0. The summed E-state index contributed by atoms with van der Waals surface area (Å²) in [6, 6.07) is 6.31. The molecule has 1 aromatic heterocycles. The molecule has 1 rings (SSSR count). The molecule has 0 saturated carbocycles. The molecule has 4 heteroatoms. The molecule has 1 unspecified atom stereocenters. The van der Waals surface area contributed by atoms with E-state index in [1.165, 1.54) is 4.88 Å². The van der Waals surface area contributed by atoms with Gasteiger partial charge in [0.2, 0.25) is 0 Å². The third kappa shape index (κ3) is 3.90. The summed E-state index contributed by atoms with van der Waals surface area (Å²) in [6.45, 7) is 3.52. The van der Waals surface area contributed by atoms with Crippen molar-refractivity contribution in [2.24, 2.45) is 5.92 Å². The first-order valence-electron chi connectivity index (χ1n) is 4.07. The molecule has 1 aromatic rings. The lowest BCUT2D eigenvalue weighted by Gasteiger charge is -2.03. The fraction of sp³-hybridized carbons (Fsp3) is 0.444. The number of hydrogen-bond donors (Lipinski definition) is 1. The van der Waals surface area contributed by atoms with Gasteiger partial charge in [0.15, 0.2) is 0 Å². The third-order valence-electron chi connectivity index (χ3n) is 1.60. The van der Waals surface area contributed by atoms with Crippen LogP contribution in [0.4, 0.5) is 0 Å². The summed E-state index contributed by atoms with van der Waals surface area (Å²) in [4.78, 5) is 1.29. The van der Waals surface area contributed by atoms with Crippen LogP contribution in [0.1, 0.15) is 11.8 Å². The van der Waals surface area contributed by atoms with Gasteiger partial charge in [-0.3, -0.25) is 0 Å². The Kier molecular flexibility index (Phi) is 4.43. The molecule has 2 nitrogen and oxygen atoms in total. The maximum atomic E-state index is 8.54. The van der Waals surface area contributed by atoms with E-state index >= 15 is 0 Å². The Labute approximate surface area is 90.7 Å². The summed E-state index contributed by atoms with van der Waals surface area (Å²) in [5.74, 6) is 0.0865. The minimum atomic E-state index is 0.0865. The van der Waals surface area contributed by atoms with Crippen LogP contribution in [-0.2, 0) is 6.54 Å². The summed E-state index contributed by atoms with van der Waals surface area (Å²) in [5, 5.41) is 11.8. The predicted molar refractivity (Wildman–Crippen MR) is 58.5 cm³/mol. The Hall–Kier alpha value is -0.370. The highest BCUT2D eigenvalue weighted by Crippen LogP contribution is 2.21. The van der Waals surface area contributed by atoms with Crippen LogP contribution in [0.2, 0.25) is 0 Å². The average molecular weight is 259 g/mol. The van der Waals surface area contributed by atoms with Gasteiger partial charge in [0.25, 0.3) is 0 Å². The fourth-order valence-electron chi connectivity index (χ4n) is 0.904. The monoisotopic (exact) mass is 258 g/mol.